The van der Waals surface area contributed by atoms with Gasteiger partial charge in [0.15, 0.2) is 12.4 Å². The number of carbonyl (C=O) groups excluding carboxylic acids is 2. The van der Waals surface area contributed by atoms with Crippen molar-refractivity contribution in [3.63, 3.8) is 0 Å². The zero-order valence-corrected chi connectivity index (χ0v) is 20.9. The second-order valence-corrected chi connectivity index (χ2v) is 9.77. The first-order valence-electron chi connectivity index (χ1n) is 12.2. The van der Waals surface area contributed by atoms with E-state index in [-0.39, 0.29) is 11.3 Å². The number of aliphatic hydroxyl groups is 4. The van der Waals surface area contributed by atoms with Gasteiger partial charge in [-0.2, -0.15) is 0 Å². The van der Waals surface area contributed by atoms with Gasteiger partial charge in [0, 0.05) is 12.0 Å². The molecule has 2 fully saturated rings. The monoisotopic (exact) mass is 536 g/mol. The number of hydrogen-bond donors (Lipinski definition) is 5. The molecule has 38 heavy (non-hydrogen) atoms. The third-order valence-corrected chi connectivity index (χ3v) is 7.20. The number of aliphatic hydroxyl groups excluding tert-OH is 3. The Morgan fingerprint density at radius 3 is 2.53 bits per heavy atom. The van der Waals surface area contributed by atoms with Crippen LogP contribution in [-0.4, -0.2) is 93.8 Å². The molecule has 208 valence electrons. The van der Waals surface area contributed by atoms with Gasteiger partial charge >= 0.3 is 11.9 Å². The van der Waals surface area contributed by atoms with E-state index in [0.717, 1.165) is 6.08 Å². The Kier molecular flexibility index (Phi) is 8.40. The van der Waals surface area contributed by atoms with E-state index in [0.29, 0.717) is 18.4 Å². The van der Waals surface area contributed by atoms with Crippen molar-refractivity contribution >= 4 is 18.0 Å². The molecule has 2 heterocycles. The molecule has 0 aromatic heterocycles. The molecule has 2 aliphatic heterocycles. The summed E-state index contributed by atoms with van der Waals surface area (Å²) in [5, 5.41) is 51.6. The average Bonchev–Trinajstić information content (AvgIpc) is 3.23. The van der Waals surface area contributed by atoms with Crippen molar-refractivity contribution in [2.24, 2.45) is 11.8 Å². The predicted molar refractivity (Wildman–Crippen MR) is 128 cm³/mol. The zero-order chi connectivity index (χ0) is 27.6. The summed E-state index contributed by atoms with van der Waals surface area (Å²) >= 11 is 0. The van der Waals surface area contributed by atoms with E-state index in [2.05, 4.69) is 0 Å². The first-order chi connectivity index (χ1) is 18.1. The number of ether oxygens (including phenoxy) is 5. The molecule has 4 rings (SSSR count). The average molecular weight is 537 g/mol. The van der Waals surface area contributed by atoms with E-state index in [1.807, 2.05) is 0 Å². The van der Waals surface area contributed by atoms with Gasteiger partial charge in [-0.15, -0.1) is 0 Å². The van der Waals surface area contributed by atoms with Crippen LogP contribution in [0.2, 0.25) is 0 Å². The molecule has 12 nitrogen and oxygen atoms in total. The first-order valence-corrected chi connectivity index (χ1v) is 12.2. The Balaban J connectivity index is 1.44. The number of fused-ring (bicyclic) bond motifs is 1. The maximum atomic E-state index is 12.4. The third kappa shape index (κ3) is 5.70. The minimum absolute atomic E-state index is 0.0642. The molecule has 1 aromatic rings. The van der Waals surface area contributed by atoms with E-state index in [4.69, 9.17) is 23.7 Å². The lowest BCUT2D eigenvalue weighted by atomic mass is 9.81. The SMILES string of the molecule is COC(=O)C1=COC(OC2OC(CO)C(OC(=O)C=Cc3ccc(O)cc3)C(O)C2O)[C@@H]2[C@H]1CC[C@]2(C)O. The van der Waals surface area contributed by atoms with Crippen LogP contribution in [0.3, 0.4) is 0 Å². The molecule has 0 amide bonds. The second-order valence-electron chi connectivity index (χ2n) is 9.77. The lowest BCUT2D eigenvalue weighted by Gasteiger charge is -2.44. The van der Waals surface area contributed by atoms with Crippen LogP contribution in [0.1, 0.15) is 25.3 Å². The Morgan fingerprint density at radius 1 is 1.16 bits per heavy atom. The number of benzene rings is 1. The fraction of sp³-hybridized carbons (Fsp3) is 0.538. The molecular formula is C26H32O12. The summed E-state index contributed by atoms with van der Waals surface area (Å²) in [7, 11) is 1.24. The maximum absolute atomic E-state index is 12.4. The molecule has 12 heteroatoms. The van der Waals surface area contributed by atoms with Crippen molar-refractivity contribution in [2.75, 3.05) is 13.7 Å². The normalized spacial score (nSPS) is 36.7. The summed E-state index contributed by atoms with van der Waals surface area (Å²) < 4.78 is 27.1. The van der Waals surface area contributed by atoms with Crippen molar-refractivity contribution in [1.82, 2.24) is 0 Å². The molecular weight excluding hydrogens is 504 g/mol. The van der Waals surface area contributed by atoms with Gasteiger partial charge in [0.1, 0.15) is 24.1 Å². The van der Waals surface area contributed by atoms with Gasteiger partial charge in [0.25, 0.3) is 0 Å². The molecule has 0 spiro atoms. The fourth-order valence-electron chi connectivity index (χ4n) is 5.17. The highest BCUT2D eigenvalue weighted by Gasteiger charge is 2.56. The van der Waals surface area contributed by atoms with Crippen molar-refractivity contribution < 1.29 is 58.8 Å². The van der Waals surface area contributed by atoms with E-state index in [9.17, 15) is 35.1 Å². The van der Waals surface area contributed by atoms with Crippen molar-refractivity contribution in [1.29, 1.82) is 0 Å². The lowest BCUT2D eigenvalue weighted by Crippen LogP contribution is -2.61. The number of carbonyl (C=O) groups is 2. The van der Waals surface area contributed by atoms with Crippen LogP contribution >= 0.6 is 0 Å². The van der Waals surface area contributed by atoms with Gasteiger partial charge in [-0.3, -0.25) is 0 Å². The Bertz CT molecular complexity index is 1060. The third-order valence-electron chi connectivity index (χ3n) is 7.20. The Morgan fingerprint density at radius 2 is 1.87 bits per heavy atom. The molecule has 3 aliphatic rings. The van der Waals surface area contributed by atoms with E-state index >= 15 is 0 Å². The topological polar surface area (TPSA) is 181 Å². The van der Waals surface area contributed by atoms with Gasteiger partial charge < -0.3 is 49.2 Å². The molecule has 0 radical (unpaired) electrons. The number of esters is 2. The highest BCUT2D eigenvalue weighted by Crippen LogP contribution is 2.49. The fourth-order valence-corrected chi connectivity index (χ4v) is 5.17. The zero-order valence-electron chi connectivity index (χ0n) is 20.9. The molecule has 1 saturated heterocycles. The summed E-state index contributed by atoms with van der Waals surface area (Å²) in [6.45, 7) is 0.910. The molecule has 6 unspecified atom stereocenters. The van der Waals surface area contributed by atoms with Crippen molar-refractivity contribution in [3.05, 3.63) is 47.7 Å². The molecule has 1 aliphatic carbocycles. The maximum Gasteiger partial charge on any atom is 0.337 e. The molecule has 1 saturated carbocycles. The highest BCUT2D eigenvalue weighted by atomic mass is 16.8. The number of methoxy groups -OCH3 is 1. The smallest absolute Gasteiger partial charge is 0.337 e. The highest BCUT2D eigenvalue weighted by molar-refractivity contribution is 5.89. The summed E-state index contributed by atoms with van der Waals surface area (Å²) in [4.78, 5) is 24.5. The minimum Gasteiger partial charge on any atom is -0.508 e. The molecule has 1 aromatic carbocycles. The van der Waals surface area contributed by atoms with Crippen LogP contribution < -0.4 is 0 Å². The van der Waals surface area contributed by atoms with Crippen molar-refractivity contribution in [2.45, 2.75) is 62.4 Å². The van der Waals surface area contributed by atoms with E-state index in [1.54, 1.807) is 19.1 Å². The number of hydrogen-bond acceptors (Lipinski definition) is 12. The van der Waals surface area contributed by atoms with Crippen LogP contribution in [0.4, 0.5) is 0 Å². The summed E-state index contributed by atoms with van der Waals surface area (Å²) in [6.07, 6.45) is -4.23. The summed E-state index contributed by atoms with van der Waals surface area (Å²) in [5.41, 5.74) is -0.425. The Hall–Kier alpha value is -3.00. The van der Waals surface area contributed by atoms with Crippen LogP contribution in [0.15, 0.2) is 42.2 Å². The molecule has 0 bridgehead atoms. The minimum atomic E-state index is -1.71. The quantitative estimate of drug-likeness (QED) is 0.232. The van der Waals surface area contributed by atoms with E-state index < -0.39 is 73.0 Å². The first kappa shape index (κ1) is 28.0. The van der Waals surface area contributed by atoms with Crippen molar-refractivity contribution in [3.8, 4) is 5.75 Å². The molecule has 9 atom stereocenters. The number of phenolic OH excluding ortho intramolecular Hbond substituents is 1. The Labute approximate surface area is 218 Å². The lowest BCUT2D eigenvalue weighted by molar-refractivity contribution is -0.346. The standard InChI is InChI=1S/C26H32O12/c1-26(33)10-9-15-16(23(32)34-2)12-35-24(19(15)26)38-25-21(31)20(30)22(17(11-27)36-25)37-18(29)8-5-13-3-6-14(28)7-4-13/h3-8,12,15,17,19-22,24-25,27-28,30-31,33H,9-11H2,1-2H3/t15-,17?,19-,20?,21?,22?,24?,25?,26-/m0/s1. The largest absolute Gasteiger partial charge is 0.508 e. The van der Waals surface area contributed by atoms with Crippen LogP contribution in [0.25, 0.3) is 6.08 Å². The van der Waals surface area contributed by atoms with Crippen LogP contribution in [0, 0.1) is 11.8 Å². The van der Waals surface area contributed by atoms with E-state index in [1.165, 1.54) is 31.6 Å². The van der Waals surface area contributed by atoms with Gasteiger partial charge in [-0.1, -0.05) is 12.1 Å². The van der Waals surface area contributed by atoms with Gasteiger partial charge in [0.2, 0.25) is 6.29 Å². The van der Waals surface area contributed by atoms with Crippen LogP contribution in [-0.2, 0) is 33.3 Å². The summed E-state index contributed by atoms with van der Waals surface area (Å²) in [6, 6.07) is 6.03. The van der Waals surface area contributed by atoms with Crippen LogP contribution in [0.5, 0.6) is 5.75 Å². The van der Waals surface area contributed by atoms with Gasteiger partial charge in [0.05, 0.1) is 37.1 Å². The number of rotatable bonds is 7. The number of aromatic hydroxyl groups is 1. The summed E-state index contributed by atoms with van der Waals surface area (Å²) in [5.74, 6) is -2.55. The predicted octanol–water partition coefficient (Wildman–Crippen LogP) is -0.0368. The van der Waals surface area contributed by atoms with Gasteiger partial charge in [-0.05, 0) is 43.5 Å². The molecule has 5 N–H and O–H groups in total. The second kappa shape index (κ2) is 11.4. The number of phenols is 1. The van der Waals surface area contributed by atoms with Gasteiger partial charge in [-0.25, -0.2) is 9.59 Å².